The van der Waals surface area contributed by atoms with Gasteiger partial charge in [0.15, 0.2) is 0 Å². The van der Waals surface area contributed by atoms with Crippen molar-refractivity contribution >= 4 is 29.2 Å². The summed E-state index contributed by atoms with van der Waals surface area (Å²) in [7, 11) is 0. The Labute approximate surface area is 266 Å². The monoisotopic (exact) mass is 636 g/mol. The van der Waals surface area contributed by atoms with E-state index in [1.54, 1.807) is 26.8 Å². The van der Waals surface area contributed by atoms with Crippen LogP contribution in [-0.4, -0.2) is 46.4 Å². The fourth-order valence-electron chi connectivity index (χ4n) is 5.24. The largest absolute Gasteiger partial charge is 0.477 e. The minimum absolute atomic E-state index is 0.133. The van der Waals surface area contributed by atoms with Crippen molar-refractivity contribution in [1.82, 2.24) is 15.5 Å². The predicted molar refractivity (Wildman–Crippen MR) is 170 cm³/mol. The van der Waals surface area contributed by atoms with E-state index in [9.17, 15) is 19.7 Å². The van der Waals surface area contributed by atoms with Crippen molar-refractivity contribution < 1.29 is 28.7 Å². The first kappa shape index (κ1) is 33.3. The van der Waals surface area contributed by atoms with E-state index in [1.165, 1.54) is 18.2 Å². The molecule has 11 nitrogen and oxygen atoms in total. The number of H-pyrrole nitrogens is 1. The lowest BCUT2D eigenvalue weighted by atomic mass is 9.80. The molecule has 4 rings (SSSR count). The van der Waals surface area contributed by atoms with Crippen molar-refractivity contribution in [2.24, 2.45) is 0 Å². The average Bonchev–Trinajstić information content (AvgIpc) is 3.47. The Kier molecular flexibility index (Phi) is 11.4. The minimum atomic E-state index is -0.899. The zero-order valence-corrected chi connectivity index (χ0v) is 26.5. The highest BCUT2D eigenvalue weighted by molar-refractivity contribution is 6.30. The van der Waals surface area contributed by atoms with Gasteiger partial charge in [0.2, 0.25) is 5.88 Å². The van der Waals surface area contributed by atoms with Gasteiger partial charge in [-0.25, -0.2) is 9.59 Å². The summed E-state index contributed by atoms with van der Waals surface area (Å²) in [4.78, 5) is 37.7. The van der Waals surface area contributed by atoms with E-state index in [0.29, 0.717) is 40.9 Å². The first-order chi connectivity index (χ1) is 21.6. The topological polar surface area (TPSA) is 146 Å². The molecule has 2 unspecified atom stereocenters. The second-order valence-electron chi connectivity index (χ2n) is 10.7. The quantitative estimate of drug-likeness (QED) is 0.0825. The highest BCUT2D eigenvalue weighted by atomic mass is 35.5. The van der Waals surface area contributed by atoms with Gasteiger partial charge in [0.05, 0.1) is 47.0 Å². The second kappa shape index (κ2) is 15.4. The smallest absolute Gasteiger partial charge is 0.337 e. The molecule has 0 fully saturated rings. The van der Waals surface area contributed by atoms with Crippen molar-refractivity contribution in [1.29, 1.82) is 0 Å². The van der Waals surface area contributed by atoms with E-state index in [4.69, 9.17) is 25.8 Å². The highest BCUT2D eigenvalue weighted by Crippen LogP contribution is 2.40. The number of aromatic nitrogens is 2. The van der Waals surface area contributed by atoms with E-state index in [2.05, 4.69) is 15.5 Å². The average molecular weight is 637 g/mol. The number of aromatic amines is 1. The number of hydrogen-bond donors (Lipinski definition) is 2. The fourth-order valence-corrected chi connectivity index (χ4v) is 5.37. The molecule has 0 radical (unpaired) electrons. The number of non-ortho nitro benzene ring substituents is 1. The van der Waals surface area contributed by atoms with Crippen LogP contribution in [0.3, 0.4) is 0 Å². The Morgan fingerprint density at radius 1 is 1.02 bits per heavy atom. The number of nitro groups is 1. The number of benzene rings is 2. The van der Waals surface area contributed by atoms with E-state index in [1.807, 2.05) is 37.3 Å². The number of nitro benzene ring substituents is 1. The number of allylic oxidation sites excluding steroid dienone is 2. The maximum atomic E-state index is 13.6. The summed E-state index contributed by atoms with van der Waals surface area (Å²) in [5.74, 6) is -1.60. The van der Waals surface area contributed by atoms with Crippen LogP contribution in [0.4, 0.5) is 5.69 Å². The Bertz CT molecular complexity index is 1600. The number of halogens is 1. The van der Waals surface area contributed by atoms with Gasteiger partial charge in [-0.2, -0.15) is 0 Å². The molecule has 0 spiro atoms. The molecule has 0 saturated heterocycles. The summed E-state index contributed by atoms with van der Waals surface area (Å²) in [6, 6.07) is 15.2. The summed E-state index contributed by atoms with van der Waals surface area (Å²) in [6.45, 7) is 7.55. The molecule has 2 aromatic carbocycles. The van der Waals surface area contributed by atoms with Crippen molar-refractivity contribution in [3.05, 3.63) is 97.8 Å². The van der Waals surface area contributed by atoms with Crippen LogP contribution in [-0.2, 0) is 19.1 Å². The molecule has 0 bridgehead atoms. The number of nitrogens with one attached hydrogen (secondary N) is 2. The standard InChI is InChI=1S/C33H37ClN4O7/c1-5-43-32(39)29-21(3)35-22(4)30(31(29)24-11-9-12-26(18-24)38(41)42)33(40)45-20(2)10-7-6-8-17-44-28-19-27(36-37-28)23-13-15-25(34)16-14-23/h9,11-16,18-20,31,35H,5-8,10,17H2,1-4H3,(H,36,37). The molecule has 45 heavy (non-hydrogen) atoms. The number of hydrogen-bond acceptors (Lipinski definition) is 9. The lowest BCUT2D eigenvalue weighted by Crippen LogP contribution is -2.33. The summed E-state index contributed by atoms with van der Waals surface area (Å²) in [6.07, 6.45) is 2.66. The van der Waals surface area contributed by atoms with E-state index in [0.717, 1.165) is 30.5 Å². The van der Waals surface area contributed by atoms with Crippen LogP contribution in [0.1, 0.15) is 64.9 Å². The Morgan fingerprint density at radius 2 is 1.73 bits per heavy atom. The first-order valence-electron chi connectivity index (χ1n) is 14.8. The number of dihydropyridines is 1. The summed E-state index contributed by atoms with van der Waals surface area (Å²) in [5, 5.41) is 22.4. The van der Waals surface area contributed by atoms with Crippen LogP contribution in [0.25, 0.3) is 11.3 Å². The van der Waals surface area contributed by atoms with Crippen molar-refractivity contribution in [3.8, 4) is 17.1 Å². The molecule has 2 N–H and O–H groups in total. The molecule has 1 aliphatic rings. The van der Waals surface area contributed by atoms with Crippen LogP contribution >= 0.6 is 11.6 Å². The number of carbonyl (C=O) groups excluding carboxylic acids is 2. The molecule has 1 aliphatic heterocycles. The molecule has 1 aromatic heterocycles. The zero-order chi connectivity index (χ0) is 32.5. The van der Waals surface area contributed by atoms with Crippen LogP contribution in [0.2, 0.25) is 5.02 Å². The van der Waals surface area contributed by atoms with Gasteiger partial charge in [-0.1, -0.05) is 35.9 Å². The van der Waals surface area contributed by atoms with E-state index in [-0.39, 0.29) is 23.4 Å². The molecule has 0 amide bonds. The van der Waals surface area contributed by atoms with Gasteiger partial charge in [-0.05, 0) is 76.6 Å². The molecule has 0 aliphatic carbocycles. The number of nitrogens with zero attached hydrogens (tertiary/aromatic N) is 2. The van der Waals surface area contributed by atoms with Gasteiger partial charge >= 0.3 is 11.9 Å². The van der Waals surface area contributed by atoms with Gasteiger partial charge in [0.1, 0.15) is 0 Å². The maximum Gasteiger partial charge on any atom is 0.337 e. The van der Waals surface area contributed by atoms with Crippen LogP contribution in [0.5, 0.6) is 5.88 Å². The predicted octanol–water partition coefficient (Wildman–Crippen LogP) is 7.01. The highest BCUT2D eigenvalue weighted by Gasteiger charge is 2.38. The second-order valence-corrected chi connectivity index (χ2v) is 11.2. The summed E-state index contributed by atoms with van der Waals surface area (Å²) in [5.41, 5.74) is 3.49. The first-order valence-corrected chi connectivity index (χ1v) is 15.2. The number of carbonyl (C=O) groups is 2. The third kappa shape index (κ3) is 8.51. The Morgan fingerprint density at radius 3 is 2.42 bits per heavy atom. The van der Waals surface area contributed by atoms with Gasteiger partial charge in [-0.15, -0.1) is 5.10 Å². The normalized spacial score (nSPS) is 15.4. The molecule has 238 valence electrons. The number of unbranched alkanes of at least 4 members (excludes halogenated alkanes) is 2. The van der Waals surface area contributed by atoms with Gasteiger partial charge < -0.3 is 19.5 Å². The molecule has 2 atom stereocenters. The van der Waals surface area contributed by atoms with Crippen LogP contribution in [0.15, 0.2) is 77.1 Å². The summed E-state index contributed by atoms with van der Waals surface area (Å²) >= 11 is 5.96. The lowest BCUT2D eigenvalue weighted by molar-refractivity contribution is -0.384. The van der Waals surface area contributed by atoms with Gasteiger partial charge in [0, 0.05) is 34.6 Å². The molecular weight excluding hydrogens is 600 g/mol. The lowest BCUT2D eigenvalue weighted by Gasteiger charge is -2.31. The molecule has 3 aromatic rings. The number of esters is 2. The third-order valence-electron chi connectivity index (χ3n) is 7.41. The maximum absolute atomic E-state index is 13.6. The Hall–Kier alpha value is -4.64. The number of ether oxygens (including phenoxy) is 3. The molecule has 0 saturated carbocycles. The van der Waals surface area contributed by atoms with Crippen molar-refractivity contribution in [3.63, 3.8) is 0 Å². The molecular formula is C33H37ClN4O7. The van der Waals surface area contributed by atoms with Crippen LogP contribution in [0, 0.1) is 10.1 Å². The van der Waals surface area contributed by atoms with Crippen molar-refractivity contribution in [2.75, 3.05) is 13.2 Å². The molecule has 2 heterocycles. The molecule has 12 heteroatoms. The van der Waals surface area contributed by atoms with Gasteiger partial charge in [0.25, 0.3) is 5.69 Å². The number of rotatable bonds is 14. The van der Waals surface area contributed by atoms with E-state index < -0.39 is 28.9 Å². The Balaban J connectivity index is 1.33. The fraction of sp³-hybridized carbons (Fsp3) is 0.364. The SMILES string of the molecule is CCOC(=O)C1=C(C)NC(C)=C(C(=O)OC(C)CCCCCOc2cc(-c3ccc(Cl)cc3)[nH]n2)C1c1cccc([N+](=O)[O-])c1. The third-order valence-corrected chi connectivity index (χ3v) is 7.66. The zero-order valence-electron chi connectivity index (χ0n) is 25.7. The van der Waals surface area contributed by atoms with Crippen LogP contribution < -0.4 is 10.1 Å². The van der Waals surface area contributed by atoms with E-state index >= 15 is 0 Å². The minimum Gasteiger partial charge on any atom is -0.477 e. The van der Waals surface area contributed by atoms with Gasteiger partial charge in [-0.3, -0.25) is 15.2 Å². The summed E-state index contributed by atoms with van der Waals surface area (Å²) < 4.78 is 16.9. The van der Waals surface area contributed by atoms with Crippen molar-refractivity contribution in [2.45, 2.75) is 65.4 Å².